The molecule has 1 unspecified atom stereocenters. The van der Waals surface area contributed by atoms with Crippen LogP contribution in [0.15, 0.2) is 24.3 Å². The van der Waals surface area contributed by atoms with E-state index in [9.17, 15) is 4.79 Å². The number of amides is 1. The van der Waals surface area contributed by atoms with Crippen LogP contribution in [-0.4, -0.2) is 52.0 Å². The van der Waals surface area contributed by atoms with Crippen LogP contribution in [-0.2, 0) is 0 Å². The molecule has 0 radical (unpaired) electrons. The molecule has 1 aromatic heterocycles. The molecule has 1 aliphatic heterocycles. The van der Waals surface area contributed by atoms with Crippen LogP contribution in [0.25, 0.3) is 5.69 Å². The molecular formula is C18H25N5O2. The molecule has 2 aromatic rings. The van der Waals surface area contributed by atoms with Gasteiger partial charge in [-0.15, -0.1) is 5.10 Å². The Morgan fingerprint density at radius 1 is 1.32 bits per heavy atom. The molecule has 1 fully saturated rings. The van der Waals surface area contributed by atoms with Crippen molar-refractivity contribution in [3.05, 3.63) is 35.7 Å². The van der Waals surface area contributed by atoms with Gasteiger partial charge < -0.3 is 15.4 Å². The molecule has 134 valence electrons. The Morgan fingerprint density at radius 3 is 2.60 bits per heavy atom. The van der Waals surface area contributed by atoms with E-state index in [1.165, 1.54) is 0 Å². The van der Waals surface area contributed by atoms with Crippen molar-refractivity contribution in [1.82, 2.24) is 19.9 Å². The average Bonchev–Trinajstić information content (AvgIpc) is 2.98. The lowest BCUT2D eigenvalue weighted by atomic mass is 9.79. The summed E-state index contributed by atoms with van der Waals surface area (Å²) in [5.74, 6) is 0.682. The molecule has 3 rings (SSSR count). The monoisotopic (exact) mass is 343 g/mol. The van der Waals surface area contributed by atoms with E-state index in [0.717, 1.165) is 23.6 Å². The highest BCUT2D eigenvalue weighted by Crippen LogP contribution is 2.29. The van der Waals surface area contributed by atoms with Crippen LogP contribution in [0.3, 0.4) is 0 Å². The molecule has 7 heteroatoms. The minimum atomic E-state index is -0.103. The van der Waals surface area contributed by atoms with Gasteiger partial charge in [-0.2, -0.15) is 0 Å². The average molecular weight is 343 g/mol. The largest absolute Gasteiger partial charge is 0.497 e. The third-order valence-electron chi connectivity index (χ3n) is 5.01. The SMILES string of the molecule is COc1ccc(-n2nnc(C(=O)N3CCC(N)C(C)(C)C3)c2C)cc1. The van der Waals surface area contributed by atoms with E-state index >= 15 is 0 Å². The van der Waals surface area contributed by atoms with Gasteiger partial charge in [0.15, 0.2) is 5.69 Å². The molecule has 2 heterocycles. The zero-order valence-electron chi connectivity index (χ0n) is 15.2. The Kier molecular flexibility index (Phi) is 4.51. The second-order valence-electron chi connectivity index (χ2n) is 7.24. The van der Waals surface area contributed by atoms with Gasteiger partial charge in [-0.1, -0.05) is 19.1 Å². The molecular weight excluding hydrogens is 318 g/mol. The summed E-state index contributed by atoms with van der Waals surface area (Å²) in [6.07, 6.45) is 0.796. The molecule has 0 saturated carbocycles. The van der Waals surface area contributed by atoms with E-state index in [-0.39, 0.29) is 17.4 Å². The van der Waals surface area contributed by atoms with E-state index in [1.54, 1.807) is 11.8 Å². The van der Waals surface area contributed by atoms with Gasteiger partial charge in [0.05, 0.1) is 18.5 Å². The van der Waals surface area contributed by atoms with Crippen LogP contribution in [0.2, 0.25) is 0 Å². The number of nitrogens with two attached hydrogens (primary N) is 1. The Morgan fingerprint density at radius 2 is 2.00 bits per heavy atom. The number of likely N-dealkylation sites (tertiary alicyclic amines) is 1. The number of carbonyl (C=O) groups excluding carboxylic acids is 1. The second-order valence-corrected chi connectivity index (χ2v) is 7.24. The van der Waals surface area contributed by atoms with Crippen molar-refractivity contribution in [3.8, 4) is 11.4 Å². The predicted octanol–water partition coefficient (Wildman–Crippen LogP) is 1.78. The Hall–Kier alpha value is -2.41. The fourth-order valence-electron chi connectivity index (χ4n) is 3.19. The van der Waals surface area contributed by atoms with Crippen LogP contribution in [0.4, 0.5) is 0 Å². The van der Waals surface area contributed by atoms with Crippen LogP contribution >= 0.6 is 0 Å². The summed E-state index contributed by atoms with van der Waals surface area (Å²) >= 11 is 0. The van der Waals surface area contributed by atoms with Crippen molar-refractivity contribution < 1.29 is 9.53 Å². The first-order valence-electron chi connectivity index (χ1n) is 8.45. The normalized spacial score (nSPS) is 19.7. The first-order valence-corrected chi connectivity index (χ1v) is 8.45. The smallest absolute Gasteiger partial charge is 0.276 e. The van der Waals surface area contributed by atoms with Crippen LogP contribution < -0.4 is 10.5 Å². The summed E-state index contributed by atoms with van der Waals surface area (Å²) in [4.78, 5) is 14.7. The molecule has 1 saturated heterocycles. The number of carbonyl (C=O) groups is 1. The van der Waals surface area contributed by atoms with E-state index in [2.05, 4.69) is 24.2 Å². The van der Waals surface area contributed by atoms with Gasteiger partial charge in [-0.3, -0.25) is 4.79 Å². The van der Waals surface area contributed by atoms with Crippen LogP contribution in [0.1, 0.15) is 36.5 Å². The number of nitrogens with zero attached hydrogens (tertiary/aromatic N) is 4. The molecule has 0 bridgehead atoms. The number of rotatable bonds is 3. The summed E-state index contributed by atoms with van der Waals surface area (Å²) in [5.41, 5.74) is 8.02. The number of methoxy groups -OCH3 is 1. The van der Waals surface area contributed by atoms with E-state index in [1.807, 2.05) is 36.1 Å². The lowest BCUT2D eigenvalue weighted by Gasteiger charge is -2.42. The number of benzene rings is 1. The molecule has 1 aliphatic rings. The zero-order valence-corrected chi connectivity index (χ0v) is 15.2. The summed E-state index contributed by atoms with van der Waals surface area (Å²) in [6, 6.07) is 7.59. The first kappa shape index (κ1) is 17.4. The highest BCUT2D eigenvalue weighted by Gasteiger charge is 2.36. The third-order valence-corrected chi connectivity index (χ3v) is 5.01. The van der Waals surface area contributed by atoms with Crippen molar-refractivity contribution in [2.24, 2.45) is 11.1 Å². The summed E-state index contributed by atoms with van der Waals surface area (Å²) in [5, 5.41) is 8.30. The zero-order chi connectivity index (χ0) is 18.2. The molecule has 1 atom stereocenters. The van der Waals surface area contributed by atoms with Gasteiger partial charge in [0.2, 0.25) is 0 Å². The molecule has 1 amide bonds. The fourth-order valence-corrected chi connectivity index (χ4v) is 3.19. The van der Waals surface area contributed by atoms with Gasteiger partial charge in [-0.05, 0) is 43.0 Å². The standard InChI is InChI=1S/C18H25N5O2/c1-12-16(17(24)22-10-9-15(19)18(2,3)11-22)20-21-23(12)13-5-7-14(25-4)8-6-13/h5-8,15H,9-11,19H2,1-4H3. The van der Waals surface area contributed by atoms with Gasteiger partial charge in [0, 0.05) is 19.1 Å². The van der Waals surface area contributed by atoms with Gasteiger partial charge in [-0.25, -0.2) is 4.68 Å². The molecule has 1 aromatic carbocycles. The fraction of sp³-hybridized carbons (Fsp3) is 0.500. The third kappa shape index (κ3) is 3.24. The Labute approximate surface area is 147 Å². The second kappa shape index (κ2) is 6.48. The van der Waals surface area contributed by atoms with Crippen molar-refractivity contribution >= 4 is 5.91 Å². The van der Waals surface area contributed by atoms with Crippen LogP contribution in [0.5, 0.6) is 5.75 Å². The van der Waals surface area contributed by atoms with E-state index in [0.29, 0.717) is 18.8 Å². The minimum Gasteiger partial charge on any atom is -0.497 e. The van der Waals surface area contributed by atoms with E-state index < -0.39 is 0 Å². The Bertz CT molecular complexity index is 766. The Balaban J connectivity index is 1.84. The summed E-state index contributed by atoms with van der Waals surface area (Å²) in [6.45, 7) is 7.33. The maximum Gasteiger partial charge on any atom is 0.276 e. The summed E-state index contributed by atoms with van der Waals surface area (Å²) in [7, 11) is 1.62. The number of hydrogen-bond donors (Lipinski definition) is 1. The molecule has 25 heavy (non-hydrogen) atoms. The minimum absolute atomic E-state index is 0.0859. The summed E-state index contributed by atoms with van der Waals surface area (Å²) < 4.78 is 6.84. The van der Waals surface area contributed by atoms with Crippen LogP contribution in [0, 0.1) is 12.3 Å². The van der Waals surface area contributed by atoms with Crippen molar-refractivity contribution in [2.75, 3.05) is 20.2 Å². The molecule has 0 aliphatic carbocycles. The van der Waals surface area contributed by atoms with E-state index in [4.69, 9.17) is 10.5 Å². The molecule has 7 nitrogen and oxygen atoms in total. The lowest BCUT2D eigenvalue weighted by Crippen LogP contribution is -2.54. The molecule has 0 spiro atoms. The van der Waals surface area contributed by atoms with Gasteiger partial charge in [0.25, 0.3) is 5.91 Å². The quantitative estimate of drug-likeness (QED) is 0.918. The molecule has 2 N–H and O–H groups in total. The maximum atomic E-state index is 12.9. The number of hydrogen-bond acceptors (Lipinski definition) is 5. The predicted molar refractivity (Wildman–Crippen MR) is 94.9 cm³/mol. The maximum absolute atomic E-state index is 12.9. The van der Waals surface area contributed by atoms with Gasteiger partial charge >= 0.3 is 0 Å². The lowest BCUT2D eigenvalue weighted by molar-refractivity contribution is 0.0526. The highest BCUT2D eigenvalue weighted by molar-refractivity contribution is 5.93. The van der Waals surface area contributed by atoms with Crippen molar-refractivity contribution in [1.29, 1.82) is 0 Å². The highest BCUT2D eigenvalue weighted by atomic mass is 16.5. The van der Waals surface area contributed by atoms with Crippen molar-refractivity contribution in [3.63, 3.8) is 0 Å². The first-order chi connectivity index (χ1) is 11.8. The topological polar surface area (TPSA) is 86.3 Å². The number of ether oxygens (including phenoxy) is 1. The van der Waals surface area contributed by atoms with Gasteiger partial charge in [0.1, 0.15) is 5.75 Å². The number of aromatic nitrogens is 3. The van der Waals surface area contributed by atoms with Crippen molar-refractivity contribution in [2.45, 2.75) is 33.2 Å². The number of piperidine rings is 1.